The van der Waals surface area contributed by atoms with E-state index in [4.69, 9.17) is 13.7 Å². The van der Waals surface area contributed by atoms with Crippen LogP contribution >= 0.6 is 0 Å². The van der Waals surface area contributed by atoms with Gasteiger partial charge in [-0.3, -0.25) is 0 Å². The fourth-order valence-corrected chi connectivity index (χ4v) is 1.52. The van der Waals surface area contributed by atoms with Crippen molar-refractivity contribution in [3.63, 3.8) is 0 Å². The van der Waals surface area contributed by atoms with E-state index in [1.807, 2.05) is 0 Å². The smallest absolute Gasteiger partial charge is 0.414 e. The van der Waals surface area contributed by atoms with Gasteiger partial charge in [0.2, 0.25) is 5.76 Å². The number of ether oxygens (including phenoxy) is 1. The van der Waals surface area contributed by atoms with Gasteiger partial charge < -0.3 is 19.0 Å². The van der Waals surface area contributed by atoms with Crippen molar-refractivity contribution >= 4 is 6.09 Å². The highest BCUT2D eigenvalue weighted by Gasteiger charge is 2.12. The summed E-state index contributed by atoms with van der Waals surface area (Å²) in [4.78, 5) is 12.9. The van der Waals surface area contributed by atoms with E-state index in [2.05, 4.69) is 25.9 Å². The number of rotatable bonds is 5. The van der Waals surface area contributed by atoms with Crippen molar-refractivity contribution < 1.29 is 18.5 Å². The first-order chi connectivity index (χ1) is 10.3. The van der Waals surface area contributed by atoms with Gasteiger partial charge in [0.15, 0.2) is 12.1 Å². The average molecular weight is 290 g/mol. The highest BCUT2D eigenvalue weighted by atomic mass is 16.6. The molecular weight excluding hydrogens is 280 g/mol. The summed E-state index contributed by atoms with van der Waals surface area (Å²) in [7, 11) is 0. The maximum absolute atomic E-state index is 11.5. The van der Waals surface area contributed by atoms with Gasteiger partial charge >= 0.3 is 6.09 Å². The maximum atomic E-state index is 11.5. The first-order valence-corrected chi connectivity index (χ1v) is 5.98. The van der Waals surface area contributed by atoms with Gasteiger partial charge in [-0.15, -0.1) is 10.2 Å². The molecule has 0 bridgehead atoms. The fourth-order valence-electron chi connectivity index (χ4n) is 1.52. The summed E-state index contributed by atoms with van der Waals surface area (Å²) in [5.41, 5.74) is 0. The summed E-state index contributed by atoms with van der Waals surface area (Å²) >= 11 is 0. The second kappa shape index (κ2) is 5.86. The molecule has 0 fully saturated rings. The van der Waals surface area contributed by atoms with Gasteiger partial charge in [0, 0.05) is 6.54 Å². The highest BCUT2D eigenvalue weighted by molar-refractivity contribution is 5.70. The van der Waals surface area contributed by atoms with Crippen molar-refractivity contribution in [2.45, 2.75) is 6.54 Å². The molecule has 10 heteroatoms. The van der Waals surface area contributed by atoms with Crippen LogP contribution in [-0.4, -0.2) is 38.0 Å². The Balaban J connectivity index is 1.48. The van der Waals surface area contributed by atoms with Crippen LogP contribution in [0.15, 0.2) is 39.7 Å². The first-order valence-electron chi connectivity index (χ1n) is 5.98. The lowest BCUT2D eigenvalue weighted by Gasteiger charge is -2.02. The van der Waals surface area contributed by atoms with Crippen LogP contribution in [0.1, 0.15) is 0 Å². The van der Waals surface area contributed by atoms with Crippen molar-refractivity contribution in [3.8, 4) is 17.4 Å². The number of furan rings is 1. The second-order valence-corrected chi connectivity index (χ2v) is 3.85. The zero-order valence-electron chi connectivity index (χ0n) is 10.7. The summed E-state index contributed by atoms with van der Waals surface area (Å²) in [5.74, 6) is 0.905. The molecule has 0 spiro atoms. The van der Waals surface area contributed by atoms with E-state index in [-0.39, 0.29) is 12.4 Å². The Morgan fingerprint density at radius 2 is 2.38 bits per heavy atom. The predicted octanol–water partition coefficient (Wildman–Crippen LogP) is 0.710. The van der Waals surface area contributed by atoms with Gasteiger partial charge in [0.05, 0.1) is 18.9 Å². The molecule has 0 aliphatic carbocycles. The molecule has 10 nitrogen and oxygen atoms in total. The molecule has 3 aromatic rings. The molecule has 21 heavy (non-hydrogen) atoms. The zero-order valence-corrected chi connectivity index (χ0v) is 10.7. The third-order valence-electron chi connectivity index (χ3n) is 2.42. The minimum Gasteiger partial charge on any atom is -0.461 e. The minimum atomic E-state index is -0.658. The largest absolute Gasteiger partial charge is 0.461 e. The zero-order chi connectivity index (χ0) is 14.5. The lowest BCUT2D eigenvalue weighted by Crippen LogP contribution is -2.30. The Kier molecular flexibility index (Phi) is 3.58. The molecule has 0 saturated heterocycles. The van der Waals surface area contributed by atoms with Crippen LogP contribution in [0, 0.1) is 0 Å². The van der Waals surface area contributed by atoms with Crippen LogP contribution < -0.4 is 10.1 Å². The summed E-state index contributed by atoms with van der Waals surface area (Å²) in [6.07, 6.45) is 2.15. The molecule has 3 aromatic heterocycles. The van der Waals surface area contributed by atoms with Crippen molar-refractivity contribution in [2.24, 2.45) is 0 Å². The molecule has 0 saturated carbocycles. The van der Waals surface area contributed by atoms with E-state index >= 15 is 0 Å². The van der Waals surface area contributed by atoms with Crippen molar-refractivity contribution in [1.29, 1.82) is 0 Å². The second-order valence-electron chi connectivity index (χ2n) is 3.85. The van der Waals surface area contributed by atoms with Crippen molar-refractivity contribution in [2.75, 3.05) is 6.54 Å². The Morgan fingerprint density at radius 3 is 3.14 bits per heavy atom. The minimum absolute atomic E-state index is 0.0396. The molecule has 0 aliphatic rings. The summed E-state index contributed by atoms with van der Waals surface area (Å²) in [6, 6.07) is 4.87. The number of nitrogens with zero attached hydrogens (tertiary/aromatic N) is 5. The van der Waals surface area contributed by atoms with Crippen LogP contribution in [0.25, 0.3) is 11.5 Å². The van der Waals surface area contributed by atoms with Gasteiger partial charge in [-0.2, -0.15) is 4.80 Å². The molecular formula is C11H10N6O4. The molecule has 1 N–H and O–H groups in total. The maximum Gasteiger partial charge on any atom is 0.414 e. The first kappa shape index (κ1) is 12.8. The van der Waals surface area contributed by atoms with Crippen molar-refractivity contribution in [3.05, 3.63) is 30.8 Å². The molecule has 0 unspecified atom stereocenters. The van der Waals surface area contributed by atoms with E-state index in [1.165, 1.54) is 23.5 Å². The van der Waals surface area contributed by atoms with E-state index in [1.54, 1.807) is 12.1 Å². The molecule has 0 aromatic carbocycles. The molecule has 3 rings (SSSR count). The monoisotopic (exact) mass is 290 g/mol. The number of hydrogen-bond acceptors (Lipinski definition) is 8. The Morgan fingerprint density at radius 1 is 1.43 bits per heavy atom. The quantitative estimate of drug-likeness (QED) is 0.729. The van der Waals surface area contributed by atoms with Crippen LogP contribution in [0.3, 0.4) is 0 Å². The summed E-state index contributed by atoms with van der Waals surface area (Å²) in [5, 5.41) is 17.1. The molecule has 108 valence electrons. The fraction of sp³-hybridized carbons (Fsp3) is 0.182. The van der Waals surface area contributed by atoms with Crippen LogP contribution in [0.5, 0.6) is 5.88 Å². The van der Waals surface area contributed by atoms with E-state index in [9.17, 15) is 4.79 Å². The number of carbonyl (C=O) groups is 1. The molecule has 3 heterocycles. The van der Waals surface area contributed by atoms with E-state index < -0.39 is 6.09 Å². The SMILES string of the molecule is O=C(NCCn1ncnn1)Oc1cc(-c2ccco2)on1. The Hall–Kier alpha value is -3.17. The third kappa shape index (κ3) is 3.23. The van der Waals surface area contributed by atoms with Crippen LogP contribution in [0.2, 0.25) is 0 Å². The predicted molar refractivity (Wildman–Crippen MR) is 66.0 cm³/mol. The number of hydrogen-bond donors (Lipinski definition) is 1. The van der Waals surface area contributed by atoms with Gasteiger partial charge in [-0.05, 0) is 22.5 Å². The lowest BCUT2D eigenvalue weighted by molar-refractivity contribution is 0.195. The lowest BCUT2D eigenvalue weighted by atomic mass is 10.3. The van der Waals surface area contributed by atoms with Gasteiger partial charge in [-0.1, -0.05) is 0 Å². The number of aromatic nitrogens is 5. The highest BCUT2D eigenvalue weighted by Crippen LogP contribution is 2.23. The molecule has 0 atom stereocenters. The molecule has 1 amide bonds. The molecule has 0 aliphatic heterocycles. The van der Waals surface area contributed by atoms with Gasteiger partial charge in [-0.25, -0.2) is 4.79 Å². The number of nitrogens with one attached hydrogen (secondary N) is 1. The number of amides is 1. The molecule has 0 radical (unpaired) electrons. The Labute approximate surface area is 117 Å². The van der Waals surface area contributed by atoms with Gasteiger partial charge in [0.25, 0.3) is 5.88 Å². The third-order valence-corrected chi connectivity index (χ3v) is 2.42. The van der Waals surface area contributed by atoms with E-state index in [0.29, 0.717) is 18.1 Å². The summed E-state index contributed by atoms with van der Waals surface area (Å²) < 4.78 is 15.1. The summed E-state index contributed by atoms with van der Waals surface area (Å²) in [6.45, 7) is 0.670. The standard InChI is InChI=1S/C11H10N6O4/c18-11(12-3-4-17-14-7-13-16-17)20-10-6-9(21-15-10)8-2-1-5-19-8/h1-2,5-7H,3-4H2,(H,12,18). The van der Waals surface area contributed by atoms with Gasteiger partial charge in [0.1, 0.15) is 0 Å². The number of tetrazole rings is 1. The van der Waals surface area contributed by atoms with Crippen LogP contribution in [0.4, 0.5) is 4.79 Å². The number of carbonyl (C=O) groups excluding carboxylic acids is 1. The Bertz CT molecular complexity index is 690. The van der Waals surface area contributed by atoms with Crippen LogP contribution in [-0.2, 0) is 6.54 Å². The topological polar surface area (TPSA) is 121 Å². The van der Waals surface area contributed by atoms with Crippen molar-refractivity contribution in [1.82, 2.24) is 30.7 Å². The average Bonchev–Trinajstić information content (AvgIpc) is 3.21. The van der Waals surface area contributed by atoms with E-state index in [0.717, 1.165) is 0 Å². The normalized spacial score (nSPS) is 10.5.